The number of nitrogens with one attached hydrogen (secondary N) is 1. The summed E-state index contributed by atoms with van der Waals surface area (Å²) in [6, 6.07) is 19.9. The zero-order valence-electron chi connectivity index (χ0n) is 17.9. The Kier molecular flexibility index (Phi) is 5.58. The normalized spacial score (nSPS) is 15.6. The van der Waals surface area contributed by atoms with Crippen LogP contribution in [-0.4, -0.2) is 20.4 Å². The summed E-state index contributed by atoms with van der Waals surface area (Å²) in [5.74, 6) is -0.170. The number of rotatable bonds is 5. The van der Waals surface area contributed by atoms with Gasteiger partial charge in [0, 0.05) is 18.2 Å². The molecule has 1 atom stereocenters. The van der Waals surface area contributed by atoms with Gasteiger partial charge in [0.1, 0.15) is 0 Å². The number of benzene rings is 3. The van der Waals surface area contributed by atoms with Crippen LogP contribution in [0.3, 0.4) is 0 Å². The van der Waals surface area contributed by atoms with E-state index in [1.807, 2.05) is 45.0 Å². The van der Waals surface area contributed by atoms with Crippen LogP contribution in [0.25, 0.3) is 0 Å². The number of nitrogens with zero attached hydrogens (tertiary/aromatic N) is 1. The minimum atomic E-state index is -3.67. The Hall–Kier alpha value is -3.12. The van der Waals surface area contributed by atoms with Crippen LogP contribution in [0.4, 0.5) is 5.69 Å². The van der Waals surface area contributed by atoms with Crippen LogP contribution in [-0.2, 0) is 23.0 Å². The quantitative estimate of drug-likeness (QED) is 0.648. The third-order valence-corrected chi connectivity index (χ3v) is 7.59. The molecule has 0 aromatic heterocycles. The molecule has 0 fully saturated rings. The number of carbonyl (C=O) groups is 1. The minimum Gasteiger partial charge on any atom is -0.348 e. The molecule has 0 saturated carbocycles. The highest BCUT2D eigenvalue weighted by atomic mass is 32.2. The molecule has 0 unspecified atom stereocenters. The van der Waals surface area contributed by atoms with E-state index in [-0.39, 0.29) is 16.8 Å². The first-order valence-corrected chi connectivity index (χ1v) is 11.8. The summed E-state index contributed by atoms with van der Waals surface area (Å²) in [5.41, 5.74) is 5.26. The Morgan fingerprint density at radius 1 is 0.968 bits per heavy atom. The van der Waals surface area contributed by atoms with Gasteiger partial charge in [0.15, 0.2) is 0 Å². The van der Waals surface area contributed by atoms with Crippen molar-refractivity contribution in [3.8, 4) is 0 Å². The second kappa shape index (κ2) is 8.19. The Morgan fingerprint density at radius 3 is 2.23 bits per heavy atom. The van der Waals surface area contributed by atoms with Gasteiger partial charge in [-0.05, 0) is 68.7 Å². The smallest absolute Gasteiger partial charge is 0.264 e. The molecule has 1 aliphatic heterocycles. The molecule has 6 heteroatoms. The molecule has 0 radical (unpaired) electrons. The van der Waals surface area contributed by atoms with Crippen LogP contribution >= 0.6 is 0 Å². The van der Waals surface area contributed by atoms with Crippen molar-refractivity contribution in [1.29, 1.82) is 0 Å². The summed E-state index contributed by atoms with van der Waals surface area (Å²) in [7, 11) is -3.67. The number of amides is 1. The van der Waals surface area contributed by atoms with E-state index in [4.69, 9.17) is 0 Å². The van der Waals surface area contributed by atoms with Crippen molar-refractivity contribution in [2.75, 3.05) is 4.31 Å². The molecule has 0 saturated heterocycles. The lowest BCUT2D eigenvalue weighted by Crippen LogP contribution is -2.35. The summed E-state index contributed by atoms with van der Waals surface area (Å²) in [5, 5.41) is 2.94. The molecule has 4 rings (SSSR count). The summed E-state index contributed by atoms with van der Waals surface area (Å²) < 4.78 is 28.0. The standard InChI is InChI=1S/C25H26N2O3S/c1-17-4-8-20(9-5-17)16-26-25(28)21-10-13-24-22(15-21)14-19(3)27(24)31(29,30)23-11-6-18(2)7-12-23/h4-13,15,19H,14,16H2,1-3H3,(H,26,28)/t19-/m0/s1. The van der Waals surface area contributed by atoms with E-state index in [1.165, 1.54) is 9.87 Å². The van der Waals surface area contributed by atoms with Gasteiger partial charge in [-0.15, -0.1) is 0 Å². The number of hydrogen-bond donors (Lipinski definition) is 1. The Bertz CT molecular complexity index is 1220. The molecule has 3 aromatic rings. The van der Waals surface area contributed by atoms with Crippen molar-refractivity contribution in [2.45, 2.75) is 44.7 Å². The highest BCUT2D eigenvalue weighted by Gasteiger charge is 2.36. The largest absolute Gasteiger partial charge is 0.348 e. The van der Waals surface area contributed by atoms with E-state index in [2.05, 4.69) is 5.32 Å². The maximum absolute atomic E-state index is 13.3. The lowest BCUT2D eigenvalue weighted by atomic mass is 10.1. The lowest BCUT2D eigenvalue weighted by Gasteiger charge is -2.24. The number of aryl methyl sites for hydroxylation is 2. The van der Waals surface area contributed by atoms with Gasteiger partial charge in [-0.2, -0.15) is 0 Å². The molecule has 160 valence electrons. The van der Waals surface area contributed by atoms with Gasteiger partial charge >= 0.3 is 0 Å². The number of carbonyl (C=O) groups excluding carboxylic acids is 1. The average Bonchev–Trinajstić information content (AvgIpc) is 3.09. The van der Waals surface area contributed by atoms with E-state index in [9.17, 15) is 13.2 Å². The molecule has 0 bridgehead atoms. The molecular formula is C25H26N2O3S. The maximum atomic E-state index is 13.3. The first-order chi connectivity index (χ1) is 14.8. The zero-order chi connectivity index (χ0) is 22.2. The first kappa shape index (κ1) is 21.1. The van der Waals surface area contributed by atoms with Crippen LogP contribution in [0.1, 0.15) is 39.5 Å². The fourth-order valence-electron chi connectivity index (χ4n) is 3.92. The van der Waals surface area contributed by atoms with E-state index in [0.29, 0.717) is 24.2 Å². The zero-order valence-corrected chi connectivity index (χ0v) is 18.7. The summed E-state index contributed by atoms with van der Waals surface area (Å²) in [6.45, 7) is 6.29. The predicted molar refractivity (Wildman–Crippen MR) is 123 cm³/mol. The van der Waals surface area contributed by atoms with Gasteiger partial charge in [0.05, 0.1) is 10.6 Å². The molecule has 0 spiro atoms. The first-order valence-electron chi connectivity index (χ1n) is 10.3. The maximum Gasteiger partial charge on any atom is 0.264 e. The molecule has 1 heterocycles. The Morgan fingerprint density at radius 2 is 1.58 bits per heavy atom. The monoisotopic (exact) mass is 434 g/mol. The Balaban J connectivity index is 1.55. The van der Waals surface area contributed by atoms with Crippen molar-refractivity contribution >= 4 is 21.6 Å². The van der Waals surface area contributed by atoms with E-state index in [0.717, 1.165) is 16.7 Å². The lowest BCUT2D eigenvalue weighted by molar-refractivity contribution is 0.0951. The van der Waals surface area contributed by atoms with Crippen LogP contribution in [0.15, 0.2) is 71.6 Å². The third-order valence-electron chi connectivity index (χ3n) is 5.65. The fourth-order valence-corrected chi connectivity index (χ4v) is 5.62. The topological polar surface area (TPSA) is 66.5 Å². The second-order valence-electron chi connectivity index (χ2n) is 8.18. The van der Waals surface area contributed by atoms with Crippen LogP contribution in [0, 0.1) is 13.8 Å². The molecule has 1 N–H and O–H groups in total. The third kappa shape index (κ3) is 4.21. The van der Waals surface area contributed by atoms with Gasteiger partial charge < -0.3 is 5.32 Å². The Labute approximate surface area is 183 Å². The van der Waals surface area contributed by atoms with Crippen molar-refractivity contribution in [2.24, 2.45) is 0 Å². The van der Waals surface area contributed by atoms with Gasteiger partial charge in [0.25, 0.3) is 15.9 Å². The molecule has 31 heavy (non-hydrogen) atoms. The van der Waals surface area contributed by atoms with Gasteiger partial charge in [-0.25, -0.2) is 8.42 Å². The predicted octanol–water partition coefficient (Wildman–Crippen LogP) is 4.37. The minimum absolute atomic E-state index is 0.170. The van der Waals surface area contributed by atoms with Crippen molar-refractivity contribution < 1.29 is 13.2 Å². The van der Waals surface area contributed by atoms with Crippen LogP contribution in [0.5, 0.6) is 0 Å². The van der Waals surface area contributed by atoms with Gasteiger partial charge in [-0.3, -0.25) is 9.10 Å². The SMILES string of the molecule is Cc1ccc(CNC(=O)c2ccc3c(c2)C[C@H](C)N3S(=O)(=O)c2ccc(C)cc2)cc1. The van der Waals surface area contributed by atoms with E-state index < -0.39 is 10.0 Å². The van der Waals surface area contributed by atoms with Gasteiger partial charge in [0.2, 0.25) is 0 Å². The van der Waals surface area contributed by atoms with E-state index >= 15 is 0 Å². The molecule has 5 nitrogen and oxygen atoms in total. The molecule has 1 amide bonds. The fraction of sp³-hybridized carbons (Fsp3) is 0.240. The number of hydrogen-bond acceptors (Lipinski definition) is 3. The highest BCUT2D eigenvalue weighted by molar-refractivity contribution is 7.92. The summed E-state index contributed by atoms with van der Waals surface area (Å²) in [6.07, 6.45) is 0.569. The second-order valence-corrected chi connectivity index (χ2v) is 9.99. The number of fused-ring (bicyclic) bond motifs is 1. The van der Waals surface area contributed by atoms with Crippen LogP contribution in [0.2, 0.25) is 0 Å². The summed E-state index contributed by atoms with van der Waals surface area (Å²) in [4.78, 5) is 12.9. The molecule has 3 aromatic carbocycles. The van der Waals surface area contributed by atoms with E-state index in [1.54, 1.807) is 42.5 Å². The van der Waals surface area contributed by atoms with Crippen molar-refractivity contribution in [3.05, 3.63) is 94.5 Å². The molecular weight excluding hydrogens is 408 g/mol. The van der Waals surface area contributed by atoms with Crippen molar-refractivity contribution in [1.82, 2.24) is 5.32 Å². The highest BCUT2D eigenvalue weighted by Crippen LogP contribution is 2.37. The molecule has 1 aliphatic rings. The van der Waals surface area contributed by atoms with Crippen LogP contribution < -0.4 is 9.62 Å². The average molecular weight is 435 g/mol. The van der Waals surface area contributed by atoms with Crippen molar-refractivity contribution in [3.63, 3.8) is 0 Å². The number of anilines is 1. The number of sulfonamides is 1. The van der Waals surface area contributed by atoms with Gasteiger partial charge in [-0.1, -0.05) is 47.5 Å². The molecule has 0 aliphatic carbocycles. The summed E-state index contributed by atoms with van der Waals surface area (Å²) >= 11 is 0.